The lowest BCUT2D eigenvalue weighted by atomic mass is 10.3. The quantitative estimate of drug-likeness (QED) is 0.707. The first-order valence-electron chi connectivity index (χ1n) is 5.78. The van der Waals surface area contributed by atoms with Crippen LogP contribution in [0.5, 0.6) is 0 Å². The standard InChI is InChI=1S/C13H8F3N3S2/c14-13(15,16)7-1-4-10(18-5-7)21-8-2-3-9-12(11(8)17)19-6-20-9/h1-6H,17H2. The van der Waals surface area contributed by atoms with E-state index in [2.05, 4.69) is 9.97 Å². The van der Waals surface area contributed by atoms with Gasteiger partial charge in [0.05, 0.1) is 21.5 Å². The molecule has 0 aliphatic heterocycles. The fourth-order valence-corrected chi connectivity index (χ4v) is 3.25. The van der Waals surface area contributed by atoms with Crippen LogP contribution in [0.2, 0.25) is 0 Å². The van der Waals surface area contributed by atoms with E-state index in [1.807, 2.05) is 12.1 Å². The lowest BCUT2D eigenvalue weighted by Gasteiger charge is -2.08. The molecule has 1 aromatic carbocycles. The fraction of sp³-hybridized carbons (Fsp3) is 0.0769. The second-order valence-corrected chi connectivity index (χ2v) is 6.11. The topological polar surface area (TPSA) is 51.8 Å². The number of aromatic nitrogens is 2. The summed E-state index contributed by atoms with van der Waals surface area (Å²) in [6.45, 7) is 0. The van der Waals surface area contributed by atoms with Crippen molar-refractivity contribution in [2.45, 2.75) is 16.1 Å². The monoisotopic (exact) mass is 327 g/mol. The van der Waals surface area contributed by atoms with Gasteiger partial charge in [0.15, 0.2) is 0 Å². The van der Waals surface area contributed by atoms with E-state index in [1.54, 1.807) is 5.51 Å². The zero-order valence-electron chi connectivity index (χ0n) is 10.4. The molecule has 8 heteroatoms. The molecule has 3 rings (SSSR count). The van der Waals surface area contributed by atoms with Crippen LogP contribution in [-0.4, -0.2) is 9.97 Å². The summed E-state index contributed by atoms with van der Waals surface area (Å²) in [7, 11) is 0. The summed E-state index contributed by atoms with van der Waals surface area (Å²) < 4.78 is 38.4. The molecule has 3 nitrogen and oxygen atoms in total. The van der Waals surface area contributed by atoms with Gasteiger partial charge in [-0.1, -0.05) is 11.8 Å². The summed E-state index contributed by atoms with van der Waals surface area (Å²) in [6, 6.07) is 6.04. The SMILES string of the molecule is Nc1c(Sc2ccc(C(F)(F)F)cn2)ccc2scnc12. The van der Waals surface area contributed by atoms with Crippen LogP contribution < -0.4 is 5.73 Å². The number of anilines is 1. The zero-order valence-corrected chi connectivity index (χ0v) is 12.0. The third kappa shape index (κ3) is 2.81. The van der Waals surface area contributed by atoms with Gasteiger partial charge in [-0.05, 0) is 24.3 Å². The second kappa shape index (κ2) is 5.19. The Labute approximate surface area is 126 Å². The normalized spacial score (nSPS) is 12.0. The van der Waals surface area contributed by atoms with E-state index in [9.17, 15) is 13.2 Å². The number of pyridine rings is 1. The molecule has 0 spiro atoms. The number of alkyl halides is 3. The highest BCUT2D eigenvalue weighted by molar-refractivity contribution is 7.99. The van der Waals surface area contributed by atoms with Crippen molar-refractivity contribution >= 4 is 39.0 Å². The molecule has 21 heavy (non-hydrogen) atoms. The molecule has 0 unspecified atom stereocenters. The molecule has 2 heterocycles. The Bertz CT molecular complexity index is 781. The highest BCUT2D eigenvalue weighted by Crippen LogP contribution is 2.37. The number of rotatable bonds is 2. The van der Waals surface area contributed by atoms with Crippen LogP contribution in [0.15, 0.2) is 45.9 Å². The first-order valence-corrected chi connectivity index (χ1v) is 7.47. The molecule has 0 bridgehead atoms. The zero-order chi connectivity index (χ0) is 15.0. The first-order chi connectivity index (χ1) is 9.95. The Kier molecular flexibility index (Phi) is 3.50. The van der Waals surface area contributed by atoms with Gasteiger partial charge >= 0.3 is 6.18 Å². The van der Waals surface area contributed by atoms with Crippen LogP contribution in [0.4, 0.5) is 18.9 Å². The van der Waals surface area contributed by atoms with Gasteiger partial charge in [-0.3, -0.25) is 0 Å². The molecule has 0 aliphatic carbocycles. The fourth-order valence-electron chi connectivity index (χ4n) is 1.74. The average molecular weight is 327 g/mol. The van der Waals surface area contributed by atoms with Gasteiger partial charge in [-0.2, -0.15) is 13.2 Å². The van der Waals surface area contributed by atoms with Crippen molar-refractivity contribution in [3.63, 3.8) is 0 Å². The van der Waals surface area contributed by atoms with Gasteiger partial charge in [0, 0.05) is 11.1 Å². The summed E-state index contributed by atoms with van der Waals surface area (Å²) in [6.07, 6.45) is -3.56. The molecule has 0 fully saturated rings. The molecule has 3 aromatic rings. The third-order valence-corrected chi connectivity index (χ3v) is 4.60. The van der Waals surface area contributed by atoms with Crippen molar-refractivity contribution in [1.29, 1.82) is 0 Å². The maximum absolute atomic E-state index is 12.5. The molecule has 0 saturated carbocycles. The Balaban J connectivity index is 1.90. The van der Waals surface area contributed by atoms with Gasteiger partial charge in [-0.15, -0.1) is 11.3 Å². The van der Waals surface area contributed by atoms with E-state index in [1.165, 1.54) is 29.2 Å². The highest BCUT2D eigenvalue weighted by atomic mass is 32.2. The number of nitrogen functional groups attached to an aromatic ring is 1. The van der Waals surface area contributed by atoms with Gasteiger partial charge < -0.3 is 5.73 Å². The molecule has 108 valence electrons. The maximum Gasteiger partial charge on any atom is 0.417 e. The minimum absolute atomic E-state index is 0.448. The summed E-state index contributed by atoms with van der Waals surface area (Å²) in [5.74, 6) is 0. The number of nitrogens with zero attached hydrogens (tertiary/aromatic N) is 2. The molecule has 2 N–H and O–H groups in total. The van der Waals surface area contributed by atoms with E-state index in [0.29, 0.717) is 16.2 Å². The number of nitrogens with two attached hydrogens (primary N) is 1. The number of hydrogen-bond donors (Lipinski definition) is 1. The molecule has 0 saturated heterocycles. The van der Waals surface area contributed by atoms with Crippen LogP contribution in [0.25, 0.3) is 10.2 Å². The Hall–Kier alpha value is -1.80. The largest absolute Gasteiger partial charge is 0.417 e. The van der Waals surface area contributed by atoms with Crippen molar-refractivity contribution in [3.8, 4) is 0 Å². The number of halogens is 3. The molecule has 0 radical (unpaired) electrons. The third-order valence-electron chi connectivity index (χ3n) is 2.78. The van der Waals surface area contributed by atoms with Gasteiger partial charge in [0.1, 0.15) is 10.5 Å². The number of fused-ring (bicyclic) bond motifs is 1. The number of hydrogen-bond acceptors (Lipinski definition) is 5. The van der Waals surface area contributed by atoms with Crippen LogP contribution in [0, 0.1) is 0 Å². The summed E-state index contributed by atoms with van der Waals surface area (Å²) >= 11 is 2.69. The van der Waals surface area contributed by atoms with Gasteiger partial charge in [0.25, 0.3) is 0 Å². The lowest BCUT2D eigenvalue weighted by Crippen LogP contribution is -2.05. The molecular formula is C13H8F3N3S2. The molecule has 2 aromatic heterocycles. The number of thiazole rings is 1. The van der Waals surface area contributed by atoms with E-state index in [-0.39, 0.29) is 0 Å². The van der Waals surface area contributed by atoms with Crippen LogP contribution in [0.3, 0.4) is 0 Å². The van der Waals surface area contributed by atoms with Crippen molar-refractivity contribution in [1.82, 2.24) is 9.97 Å². The average Bonchev–Trinajstić information content (AvgIpc) is 2.91. The lowest BCUT2D eigenvalue weighted by molar-refractivity contribution is -0.137. The minimum atomic E-state index is -4.38. The molecule has 0 amide bonds. The van der Waals surface area contributed by atoms with Crippen molar-refractivity contribution < 1.29 is 13.2 Å². The minimum Gasteiger partial charge on any atom is -0.396 e. The summed E-state index contributed by atoms with van der Waals surface area (Å²) in [5.41, 5.74) is 8.18. The van der Waals surface area contributed by atoms with Gasteiger partial charge in [0.2, 0.25) is 0 Å². The van der Waals surface area contributed by atoms with Crippen LogP contribution in [0.1, 0.15) is 5.56 Å². The number of benzene rings is 1. The highest BCUT2D eigenvalue weighted by Gasteiger charge is 2.30. The Morgan fingerprint density at radius 2 is 1.90 bits per heavy atom. The summed E-state index contributed by atoms with van der Waals surface area (Å²) in [5, 5.41) is 0.448. The van der Waals surface area contributed by atoms with Crippen molar-refractivity contribution in [3.05, 3.63) is 41.5 Å². The van der Waals surface area contributed by atoms with Crippen molar-refractivity contribution in [2.24, 2.45) is 0 Å². The van der Waals surface area contributed by atoms with Gasteiger partial charge in [-0.25, -0.2) is 9.97 Å². The molecule has 0 aliphatic rings. The molecule has 0 atom stereocenters. The predicted octanol–water partition coefficient (Wildman–Crippen LogP) is 4.44. The summed E-state index contributed by atoms with van der Waals surface area (Å²) in [4.78, 5) is 8.72. The van der Waals surface area contributed by atoms with E-state index < -0.39 is 11.7 Å². The van der Waals surface area contributed by atoms with E-state index in [0.717, 1.165) is 21.9 Å². The molecular weight excluding hydrogens is 319 g/mol. The van der Waals surface area contributed by atoms with E-state index in [4.69, 9.17) is 5.73 Å². The smallest absolute Gasteiger partial charge is 0.396 e. The van der Waals surface area contributed by atoms with Crippen molar-refractivity contribution in [2.75, 3.05) is 5.73 Å². The Morgan fingerprint density at radius 3 is 2.57 bits per heavy atom. The maximum atomic E-state index is 12.5. The predicted molar refractivity (Wildman–Crippen MR) is 77.4 cm³/mol. The van der Waals surface area contributed by atoms with Crippen LogP contribution in [-0.2, 0) is 6.18 Å². The van der Waals surface area contributed by atoms with Crippen LogP contribution >= 0.6 is 23.1 Å². The van der Waals surface area contributed by atoms with E-state index >= 15 is 0 Å². The first kappa shape index (κ1) is 14.2. The second-order valence-electron chi connectivity index (χ2n) is 4.16. The Morgan fingerprint density at radius 1 is 1.10 bits per heavy atom.